The van der Waals surface area contributed by atoms with E-state index >= 15 is 0 Å². The molecule has 2 saturated carbocycles. The maximum absolute atomic E-state index is 6.14. The number of hydrogen-bond donors (Lipinski definition) is 1. The van der Waals surface area contributed by atoms with Crippen molar-refractivity contribution in [2.45, 2.75) is 52.5 Å². The molecule has 4 heteroatoms. The van der Waals surface area contributed by atoms with Crippen molar-refractivity contribution < 1.29 is 0 Å². The van der Waals surface area contributed by atoms with Gasteiger partial charge in [0.25, 0.3) is 0 Å². The molecule has 1 heterocycles. The summed E-state index contributed by atoms with van der Waals surface area (Å²) in [6.07, 6.45) is 6.20. The molecular formula is C15H24BrN3. The van der Waals surface area contributed by atoms with Crippen molar-refractivity contribution in [1.29, 1.82) is 0 Å². The summed E-state index contributed by atoms with van der Waals surface area (Å²) in [7, 11) is 0. The van der Waals surface area contributed by atoms with Crippen LogP contribution in [-0.4, -0.2) is 16.3 Å². The highest BCUT2D eigenvalue weighted by Crippen LogP contribution is 2.60. The number of fused-ring (bicyclic) bond motifs is 1. The molecule has 3 rings (SSSR count). The van der Waals surface area contributed by atoms with E-state index in [0.29, 0.717) is 5.41 Å². The molecule has 19 heavy (non-hydrogen) atoms. The molecule has 1 aromatic rings. The van der Waals surface area contributed by atoms with Gasteiger partial charge in [0.2, 0.25) is 0 Å². The summed E-state index contributed by atoms with van der Waals surface area (Å²) in [6.45, 7) is 6.11. The lowest BCUT2D eigenvalue weighted by atomic mass is 9.78. The third kappa shape index (κ3) is 2.27. The second kappa shape index (κ2) is 4.88. The molecule has 3 nitrogen and oxygen atoms in total. The second-order valence-corrected chi connectivity index (χ2v) is 7.21. The van der Waals surface area contributed by atoms with Gasteiger partial charge in [-0.25, -0.2) is 0 Å². The first-order chi connectivity index (χ1) is 9.12. The van der Waals surface area contributed by atoms with Crippen LogP contribution in [0, 0.1) is 17.3 Å². The van der Waals surface area contributed by atoms with Crippen LogP contribution in [0.25, 0.3) is 0 Å². The molecule has 2 aliphatic rings. The first-order valence-electron chi connectivity index (χ1n) is 7.56. The third-order valence-electron chi connectivity index (χ3n) is 5.13. The van der Waals surface area contributed by atoms with Crippen LogP contribution < -0.4 is 5.73 Å². The smallest absolute Gasteiger partial charge is 0.0766 e. The number of hydrogen-bond acceptors (Lipinski definition) is 2. The van der Waals surface area contributed by atoms with Crippen LogP contribution in [0.3, 0.4) is 0 Å². The van der Waals surface area contributed by atoms with E-state index in [0.717, 1.165) is 37.8 Å². The van der Waals surface area contributed by atoms with Gasteiger partial charge in [-0.1, -0.05) is 6.92 Å². The average molecular weight is 326 g/mol. The Hall–Kier alpha value is -0.350. The predicted octanol–water partition coefficient (Wildman–Crippen LogP) is 3.15. The summed E-state index contributed by atoms with van der Waals surface area (Å²) in [6, 6.07) is 0. The highest BCUT2D eigenvalue weighted by atomic mass is 79.9. The molecule has 0 aliphatic heterocycles. The van der Waals surface area contributed by atoms with Gasteiger partial charge in [-0.3, -0.25) is 4.68 Å². The summed E-state index contributed by atoms with van der Waals surface area (Å²) >= 11 is 3.77. The highest BCUT2D eigenvalue weighted by Gasteiger charge is 2.53. The van der Waals surface area contributed by atoms with Gasteiger partial charge in [0, 0.05) is 6.54 Å². The lowest BCUT2D eigenvalue weighted by Gasteiger charge is -2.29. The zero-order valence-electron chi connectivity index (χ0n) is 12.0. The quantitative estimate of drug-likeness (QED) is 0.903. The van der Waals surface area contributed by atoms with Gasteiger partial charge in [-0.2, -0.15) is 5.10 Å². The Morgan fingerprint density at radius 3 is 2.58 bits per heavy atom. The molecule has 2 N–H and O–H groups in total. The van der Waals surface area contributed by atoms with Crippen LogP contribution in [0.15, 0.2) is 4.47 Å². The van der Waals surface area contributed by atoms with Crippen LogP contribution in [0.4, 0.5) is 0 Å². The summed E-state index contributed by atoms with van der Waals surface area (Å²) in [5.74, 6) is 1.96. The monoisotopic (exact) mass is 325 g/mol. The maximum atomic E-state index is 6.14. The zero-order chi connectivity index (χ0) is 13.6. The lowest BCUT2D eigenvalue weighted by molar-refractivity contribution is 0.265. The van der Waals surface area contributed by atoms with E-state index in [2.05, 4.69) is 34.5 Å². The van der Waals surface area contributed by atoms with Crippen molar-refractivity contribution in [2.75, 3.05) is 6.54 Å². The van der Waals surface area contributed by atoms with Gasteiger partial charge in [0.15, 0.2) is 0 Å². The van der Waals surface area contributed by atoms with Crippen molar-refractivity contribution in [2.24, 2.45) is 23.0 Å². The molecule has 106 valence electrons. The second-order valence-electron chi connectivity index (χ2n) is 6.42. The van der Waals surface area contributed by atoms with Crippen molar-refractivity contribution >= 4 is 15.9 Å². The van der Waals surface area contributed by atoms with E-state index in [4.69, 9.17) is 10.8 Å². The van der Waals surface area contributed by atoms with Gasteiger partial charge >= 0.3 is 0 Å². The molecule has 0 aromatic carbocycles. The molecule has 0 amide bonds. The predicted molar refractivity (Wildman–Crippen MR) is 81.0 cm³/mol. The Morgan fingerprint density at radius 2 is 2.05 bits per heavy atom. The first-order valence-corrected chi connectivity index (χ1v) is 8.36. The van der Waals surface area contributed by atoms with Crippen molar-refractivity contribution in [3.8, 4) is 0 Å². The topological polar surface area (TPSA) is 43.8 Å². The molecule has 0 radical (unpaired) electrons. The van der Waals surface area contributed by atoms with E-state index in [1.165, 1.54) is 35.1 Å². The van der Waals surface area contributed by atoms with E-state index in [1.54, 1.807) is 0 Å². The van der Waals surface area contributed by atoms with Crippen LogP contribution in [0.5, 0.6) is 0 Å². The molecule has 2 atom stereocenters. The van der Waals surface area contributed by atoms with E-state index in [1.807, 2.05) is 0 Å². The Bertz CT molecular complexity index is 470. The molecule has 2 unspecified atom stereocenters. The molecule has 0 spiro atoms. The normalized spacial score (nSPS) is 32.6. The summed E-state index contributed by atoms with van der Waals surface area (Å²) in [5, 5.41) is 4.71. The fraction of sp³-hybridized carbons (Fsp3) is 0.800. The zero-order valence-corrected chi connectivity index (χ0v) is 13.5. The number of nitrogens with two attached hydrogens (primary N) is 1. The summed E-state index contributed by atoms with van der Waals surface area (Å²) < 4.78 is 3.40. The number of halogens is 1. The van der Waals surface area contributed by atoms with Crippen LogP contribution >= 0.6 is 15.9 Å². The third-order valence-corrected chi connectivity index (χ3v) is 6.04. The van der Waals surface area contributed by atoms with E-state index in [-0.39, 0.29) is 0 Å². The van der Waals surface area contributed by atoms with Crippen molar-refractivity contribution in [1.82, 2.24) is 9.78 Å². The van der Waals surface area contributed by atoms with Gasteiger partial charge in [-0.05, 0) is 78.8 Å². The minimum atomic E-state index is 0.341. The SMILES string of the molecule is CCc1nn(CC)c(CC2(CN)CC3CC3C2)c1Br. The Morgan fingerprint density at radius 1 is 1.37 bits per heavy atom. The number of aryl methyl sites for hydroxylation is 2. The number of rotatable bonds is 5. The molecule has 2 aliphatic carbocycles. The number of aromatic nitrogens is 2. The van der Waals surface area contributed by atoms with Gasteiger partial charge in [0.05, 0.1) is 15.9 Å². The highest BCUT2D eigenvalue weighted by molar-refractivity contribution is 9.10. The molecule has 0 bridgehead atoms. The Labute approximate surface area is 124 Å². The largest absolute Gasteiger partial charge is 0.330 e. The number of nitrogens with zero attached hydrogens (tertiary/aromatic N) is 2. The molecule has 1 aromatic heterocycles. The van der Waals surface area contributed by atoms with E-state index in [9.17, 15) is 0 Å². The van der Waals surface area contributed by atoms with Crippen LogP contribution in [0.1, 0.15) is 44.5 Å². The van der Waals surface area contributed by atoms with Crippen molar-refractivity contribution in [3.05, 3.63) is 15.9 Å². The van der Waals surface area contributed by atoms with Gasteiger partial charge in [-0.15, -0.1) is 0 Å². The fourth-order valence-electron chi connectivity index (χ4n) is 3.93. The Balaban J connectivity index is 1.87. The Kier molecular flexibility index (Phi) is 3.50. The molecule has 0 saturated heterocycles. The molecule has 2 fully saturated rings. The van der Waals surface area contributed by atoms with Gasteiger partial charge < -0.3 is 5.73 Å². The van der Waals surface area contributed by atoms with Gasteiger partial charge in [0.1, 0.15) is 0 Å². The van der Waals surface area contributed by atoms with Crippen LogP contribution in [0.2, 0.25) is 0 Å². The molecular weight excluding hydrogens is 302 g/mol. The first kappa shape index (κ1) is 13.6. The minimum absolute atomic E-state index is 0.341. The maximum Gasteiger partial charge on any atom is 0.0766 e. The van der Waals surface area contributed by atoms with Crippen LogP contribution in [-0.2, 0) is 19.4 Å². The summed E-state index contributed by atoms with van der Waals surface area (Å²) in [5.41, 5.74) is 9.03. The van der Waals surface area contributed by atoms with E-state index < -0.39 is 0 Å². The minimum Gasteiger partial charge on any atom is -0.330 e. The standard InChI is InChI=1S/C15H24BrN3/c1-3-12-14(16)13(19(4-2)18-12)8-15(9-17)6-10-5-11(10)7-15/h10-11H,3-9,17H2,1-2H3. The summed E-state index contributed by atoms with van der Waals surface area (Å²) in [4.78, 5) is 0. The fourth-order valence-corrected chi connectivity index (χ4v) is 4.64. The average Bonchev–Trinajstić information content (AvgIpc) is 2.92. The lowest BCUT2D eigenvalue weighted by Crippen LogP contribution is -2.32. The van der Waals surface area contributed by atoms with Crippen molar-refractivity contribution in [3.63, 3.8) is 0 Å².